The average Bonchev–Trinajstić information content (AvgIpc) is 2.84. The van der Waals surface area contributed by atoms with E-state index in [2.05, 4.69) is 10.1 Å². The predicted octanol–water partition coefficient (Wildman–Crippen LogP) is 2.33. The van der Waals surface area contributed by atoms with Crippen LogP contribution < -0.4 is 0 Å². The third-order valence-electron chi connectivity index (χ3n) is 2.95. The van der Waals surface area contributed by atoms with Crippen molar-refractivity contribution >= 4 is 16.9 Å². The zero-order valence-corrected chi connectivity index (χ0v) is 10.2. The Labute approximate surface area is 109 Å². The van der Waals surface area contributed by atoms with Gasteiger partial charge in [0.2, 0.25) is 0 Å². The molecule has 1 aromatic carbocycles. The van der Waals surface area contributed by atoms with Crippen LogP contribution in [-0.4, -0.2) is 25.8 Å². The van der Waals surface area contributed by atoms with Crippen LogP contribution in [0.1, 0.15) is 10.5 Å². The largest absolute Gasteiger partial charge is 0.477 e. The lowest BCUT2D eigenvalue weighted by molar-refractivity contribution is 0.0691. The number of para-hydroxylation sites is 1. The van der Waals surface area contributed by atoms with E-state index in [0.717, 1.165) is 16.5 Å². The Morgan fingerprint density at radius 2 is 2.11 bits per heavy atom. The Kier molecular flexibility index (Phi) is 2.52. The SMILES string of the molecule is Cn1cc(-c2cc(C(=O)O)nc3ccccc23)cn1. The molecule has 0 saturated carbocycles. The number of hydrogen-bond donors (Lipinski definition) is 1. The molecule has 5 nitrogen and oxygen atoms in total. The van der Waals surface area contributed by atoms with Crippen LogP contribution in [0.3, 0.4) is 0 Å². The number of nitrogens with zero attached hydrogens (tertiary/aromatic N) is 3. The minimum atomic E-state index is -1.03. The van der Waals surface area contributed by atoms with Gasteiger partial charge in [0.05, 0.1) is 11.7 Å². The third-order valence-corrected chi connectivity index (χ3v) is 2.95. The van der Waals surface area contributed by atoms with Gasteiger partial charge in [0.15, 0.2) is 0 Å². The molecule has 0 aliphatic rings. The number of fused-ring (bicyclic) bond motifs is 1. The average molecular weight is 253 g/mol. The monoisotopic (exact) mass is 253 g/mol. The van der Waals surface area contributed by atoms with E-state index in [4.69, 9.17) is 5.11 Å². The first-order valence-electron chi connectivity index (χ1n) is 5.77. The Morgan fingerprint density at radius 1 is 1.32 bits per heavy atom. The molecule has 0 amide bonds. The molecule has 0 aliphatic heterocycles. The Bertz CT molecular complexity index is 777. The first-order chi connectivity index (χ1) is 9.15. The van der Waals surface area contributed by atoms with Gasteiger partial charge in [-0.05, 0) is 17.7 Å². The summed E-state index contributed by atoms with van der Waals surface area (Å²) >= 11 is 0. The summed E-state index contributed by atoms with van der Waals surface area (Å²) in [5, 5.41) is 14.2. The highest BCUT2D eigenvalue weighted by molar-refractivity contribution is 5.98. The van der Waals surface area contributed by atoms with E-state index < -0.39 is 5.97 Å². The maximum atomic E-state index is 11.2. The second-order valence-electron chi connectivity index (χ2n) is 4.28. The lowest BCUT2D eigenvalue weighted by Gasteiger charge is -2.05. The maximum absolute atomic E-state index is 11.2. The minimum Gasteiger partial charge on any atom is -0.477 e. The number of benzene rings is 1. The normalized spacial score (nSPS) is 10.8. The van der Waals surface area contributed by atoms with E-state index in [1.165, 1.54) is 0 Å². The van der Waals surface area contributed by atoms with E-state index in [-0.39, 0.29) is 5.69 Å². The molecule has 19 heavy (non-hydrogen) atoms. The molecule has 3 rings (SSSR count). The fourth-order valence-electron chi connectivity index (χ4n) is 2.08. The fourth-order valence-corrected chi connectivity index (χ4v) is 2.08. The molecule has 94 valence electrons. The molecule has 0 unspecified atom stereocenters. The summed E-state index contributed by atoms with van der Waals surface area (Å²) in [5.41, 5.74) is 2.42. The van der Waals surface area contributed by atoms with Gasteiger partial charge in [0.25, 0.3) is 0 Å². The van der Waals surface area contributed by atoms with Crippen molar-refractivity contribution in [1.82, 2.24) is 14.8 Å². The third kappa shape index (κ3) is 1.95. The molecule has 2 heterocycles. The topological polar surface area (TPSA) is 68.0 Å². The van der Waals surface area contributed by atoms with Crippen molar-refractivity contribution in [3.63, 3.8) is 0 Å². The zero-order valence-electron chi connectivity index (χ0n) is 10.2. The summed E-state index contributed by atoms with van der Waals surface area (Å²) in [4.78, 5) is 15.3. The molecule has 0 spiro atoms. The molecule has 0 bridgehead atoms. The van der Waals surface area contributed by atoms with Crippen LogP contribution in [0.4, 0.5) is 0 Å². The number of carbonyl (C=O) groups is 1. The van der Waals surface area contributed by atoms with Crippen molar-refractivity contribution < 1.29 is 9.90 Å². The van der Waals surface area contributed by atoms with Gasteiger partial charge < -0.3 is 5.11 Å². The first-order valence-corrected chi connectivity index (χ1v) is 5.77. The molecule has 2 aromatic heterocycles. The number of aryl methyl sites for hydroxylation is 1. The van der Waals surface area contributed by atoms with Crippen molar-refractivity contribution in [3.8, 4) is 11.1 Å². The van der Waals surface area contributed by atoms with Crippen molar-refractivity contribution in [2.45, 2.75) is 0 Å². The molecule has 0 radical (unpaired) electrons. The van der Waals surface area contributed by atoms with Crippen LogP contribution in [-0.2, 0) is 7.05 Å². The first kappa shape index (κ1) is 11.4. The second kappa shape index (κ2) is 4.20. The van der Waals surface area contributed by atoms with Crippen LogP contribution in [0.5, 0.6) is 0 Å². The molecule has 0 aliphatic carbocycles. The Balaban J connectivity index is 2.35. The quantitative estimate of drug-likeness (QED) is 0.761. The summed E-state index contributed by atoms with van der Waals surface area (Å²) in [6.45, 7) is 0. The summed E-state index contributed by atoms with van der Waals surface area (Å²) in [5.74, 6) is -1.03. The fraction of sp³-hybridized carbons (Fsp3) is 0.0714. The second-order valence-corrected chi connectivity index (χ2v) is 4.28. The van der Waals surface area contributed by atoms with Gasteiger partial charge in [-0.15, -0.1) is 0 Å². The molecule has 0 saturated heterocycles. The van der Waals surface area contributed by atoms with Crippen LogP contribution >= 0.6 is 0 Å². The number of aromatic nitrogens is 3. The maximum Gasteiger partial charge on any atom is 0.354 e. The van der Waals surface area contributed by atoms with E-state index in [1.54, 1.807) is 16.9 Å². The zero-order chi connectivity index (χ0) is 13.4. The van der Waals surface area contributed by atoms with Gasteiger partial charge >= 0.3 is 5.97 Å². The van der Waals surface area contributed by atoms with Crippen LogP contribution in [0.2, 0.25) is 0 Å². The molecule has 0 fully saturated rings. The van der Waals surface area contributed by atoms with Gasteiger partial charge in [-0.25, -0.2) is 9.78 Å². The van der Waals surface area contributed by atoms with Crippen molar-refractivity contribution in [2.24, 2.45) is 7.05 Å². The van der Waals surface area contributed by atoms with Gasteiger partial charge in [0.1, 0.15) is 5.69 Å². The van der Waals surface area contributed by atoms with E-state index >= 15 is 0 Å². The predicted molar refractivity (Wildman–Crippen MR) is 70.9 cm³/mol. The van der Waals surface area contributed by atoms with Gasteiger partial charge in [-0.2, -0.15) is 5.10 Å². The van der Waals surface area contributed by atoms with Gasteiger partial charge in [0, 0.05) is 24.2 Å². The van der Waals surface area contributed by atoms with Crippen molar-refractivity contribution in [1.29, 1.82) is 0 Å². The number of carboxylic acids is 1. The van der Waals surface area contributed by atoms with Gasteiger partial charge in [-0.3, -0.25) is 4.68 Å². The number of pyridine rings is 1. The van der Waals surface area contributed by atoms with E-state index in [9.17, 15) is 4.79 Å². The molecular formula is C14H11N3O2. The molecule has 3 aromatic rings. The minimum absolute atomic E-state index is 0.0394. The van der Waals surface area contributed by atoms with Crippen LogP contribution in [0, 0.1) is 0 Å². The number of aromatic carboxylic acids is 1. The summed E-state index contributed by atoms with van der Waals surface area (Å²) in [6.07, 6.45) is 3.57. The summed E-state index contributed by atoms with van der Waals surface area (Å²) in [6, 6.07) is 9.07. The lowest BCUT2D eigenvalue weighted by Crippen LogP contribution is -2.01. The Hall–Kier alpha value is -2.69. The van der Waals surface area contributed by atoms with Crippen LogP contribution in [0.25, 0.3) is 22.0 Å². The lowest BCUT2D eigenvalue weighted by atomic mass is 10.0. The molecule has 0 atom stereocenters. The Morgan fingerprint density at radius 3 is 2.79 bits per heavy atom. The summed E-state index contributed by atoms with van der Waals surface area (Å²) in [7, 11) is 1.82. The van der Waals surface area contributed by atoms with Gasteiger partial charge in [-0.1, -0.05) is 18.2 Å². The van der Waals surface area contributed by atoms with E-state index in [0.29, 0.717) is 5.52 Å². The van der Waals surface area contributed by atoms with Crippen molar-refractivity contribution in [3.05, 3.63) is 48.4 Å². The number of rotatable bonds is 2. The summed E-state index contributed by atoms with van der Waals surface area (Å²) < 4.78 is 1.69. The highest BCUT2D eigenvalue weighted by Crippen LogP contribution is 2.28. The number of carboxylic acid groups (broad SMARTS) is 1. The number of hydrogen-bond acceptors (Lipinski definition) is 3. The molecular weight excluding hydrogens is 242 g/mol. The van der Waals surface area contributed by atoms with Crippen LogP contribution in [0.15, 0.2) is 42.7 Å². The molecule has 5 heteroatoms. The highest BCUT2D eigenvalue weighted by Gasteiger charge is 2.12. The smallest absolute Gasteiger partial charge is 0.354 e. The van der Waals surface area contributed by atoms with Crippen molar-refractivity contribution in [2.75, 3.05) is 0 Å². The van der Waals surface area contributed by atoms with E-state index in [1.807, 2.05) is 37.5 Å². The highest BCUT2D eigenvalue weighted by atomic mass is 16.4. The standard InChI is InChI=1S/C14H11N3O2/c1-17-8-9(7-15-17)11-6-13(14(18)19)16-12-5-3-2-4-10(11)12/h2-8H,1H3,(H,18,19). The molecule has 1 N–H and O–H groups in total.